The molecule has 0 atom stereocenters. The zero-order chi connectivity index (χ0) is 22.2. The second-order valence-corrected chi connectivity index (χ2v) is 9.27. The number of hydrogen-bond donors (Lipinski definition) is 2. The molecule has 2 N–H and O–H groups in total. The first-order valence-corrected chi connectivity index (χ1v) is 11.6. The van der Waals surface area contributed by atoms with Crippen molar-refractivity contribution in [2.24, 2.45) is 10.9 Å². The zero-order valence-corrected chi connectivity index (χ0v) is 19.5. The largest absolute Gasteiger partial charge is 0.494 e. The van der Waals surface area contributed by atoms with E-state index < -0.39 is 0 Å². The van der Waals surface area contributed by atoms with Crippen LogP contribution in [0.2, 0.25) is 0 Å². The number of methoxy groups -OCH3 is 1. The summed E-state index contributed by atoms with van der Waals surface area (Å²) >= 11 is 0. The molecule has 4 heterocycles. The fourth-order valence-corrected chi connectivity index (χ4v) is 4.87. The Kier molecular flexibility index (Phi) is 5.51. The maximum Gasteiger partial charge on any atom is 0.144 e. The Morgan fingerprint density at radius 3 is 2.62 bits per heavy atom. The molecule has 2 aliphatic heterocycles. The van der Waals surface area contributed by atoms with Crippen LogP contribution in [0, 0.1) is 19.8 Å². The Morgan fingerprint density at radius 2 is 1.91 bits per heavy atom. The molecule has 3 aromatic rings. The van der Waals surface area contributed by atoms with Crippen LogP contribution in [0.3, 0.4) is 0 Å². The SMILES string of the molecule is COc1cc(=C2N=c3ccccc3=C2CN2CCC(C)CC2)[nH]/c1=C\c1[nH]c(C)cc1C. The van der Waals surface area contributed by atoms with Crippen molar-refractivity contribution in [3.63, 3.8) is 0 Å². The van der Waals surface area contributed by atoms with Gasteiger partial charge in [0, 0.05) is 34.8 Å². The summed E-state index contributed by atoms with van der Waals surface area (Å²) in [6, 6.07) is 12.7. The summed E-state index contributed by atoms with van der Waals surface area (Å²) in [5.74, 6) is 1.66. The smallest absolute Gasteiger partial charge is 0.144 e. The Morgan fingerprint density at radius 1 is 1.12 bits per heavy atom. The van der Waals surface area contributed by atoms with Crippen molar-refractivity contribution < 1.29 is 4.74 Å². The summed E-state index contributed by atoms with van der Waals surface area (Å²) in [5.41, 5.74) is 5.80. The number of aromatic amines is 2. The summed E-state index contributed by atoms with van der Waals surface area (Å²) in [4.78, 5) is 14.6. The van der Waals surface area contributed by atoms with E-state index in [1.165, 1.54) is 29.2 Å². The number of aromatic nitrogens is 2. The molecule has 1 saturated heterocycles. The molecule has 0 spiro atoms. The van der Waals surface area contributed by atoms with E-state index in [1.807, 2.05) is 0 Å². The normalized spacial score (nSPS) is 19.4. The van der Waals surface area contributed by atoms with Gasteiger partial charge in [0.25, 0.3) is 0 Å². The Balaban J connectivity index is 1.64. The third-order valence-electron chi connectivity index (χ3n) is 6.77. The molecule has 2 aliphatic rings. The van der Waals surface area contributed by atoms with Crippen molar-refractivity contribution in [1.29, 1.82) is 0 Å². The summed E-state index contributed by atoms with van der Waals surface area (Å²) in [7, 11) is 1.72. The number of fused-ring (bicyclic) bond motifs is 1. The van der Waals surface area contributed by atoms with Crippen LogP contribution < -0.4 is 26.0 Å². The van der Waals surface area contributed by atoms with Gasteiger partial charge in [-0.3, -0.25) is 4.90 Å². The van der Waals surface area contributed by atoms with Crippen molar-refractivity contribution in [3.8, 4) is 5.75 Å². The molecule has 0 amide bonds. The van der Waals surface area contributed by atoms with Gasteiger partial charge in [-0.05, 0) is 69.5 Å². The number of aryl methyl sites for hydroxylation is 2. The van der Waals surface area contributed by atoms with Crippen LogP contribution in [0.25, 0.3) is 17.3 Å². The maximum absolute atomic E-state index is 5.73. The lowest BCUT2D eigenvalue weighted by atomic mass is 9.98. The molecular formula is C27H32N4O. The number of ether oxygens (including phenoxy) is 1. The molecule has 0 radical (unpaired) electrons. The summed E-state index contributed by atoms with van der Waals surface area (Å²) in [6.45, 7) is 9.79. The number of likely N-dealkylation sites (tertiary alicyclic amines) is 1. The maximum atomic E-state index is 5.73. The van der Waals surface area contributed by atoms with Gasteiger partial charge in [-0.25, -0.2) is 4.99 Å². The Hall–Kier alpha value is -3.05. The molecule has 1 aromatic carbocycles. The van der Waals surface area contributed by atoms with Gasteiger partial charge in [-0.15, -0.1) is 0 Å². The highest BCUT2D eigenvalue weighted by molar-refractivity contribution is 5.89. The number of hydrogen-bond acceptors (Lipinski definition) is 3. The van der Waals surface area contributed by atoms with Crippen LogP contribution >= 0.6 is 0 Å². The lowest BCUT2D eigenvalue weighted by Crippen LogP contribution is -2.36. The van der Waals surface area contributed by atoms with Crippen molar-refractivity contribution in [2.45, 2.75) is 33.6 Å². The van der Waals surface area contributed by atoms with Crippen molar-refractivity contribution >= 4 is 17.3 Å². The molecule has 0 aliphatic carbocycles. The van der Waals surface area contributed by atoms with E-state index >= 15 is 0 Å². The van der Waals surface area contributed by atoms with E-state index in [-0.39, 0.29) is 0 Å². The van der Waals surface area contributed by atoms with Gasteiger partial charge >= 0.3 is 0 Å². The number of benzene rings is 1. The minimum Gasteiger partial charge on any atom is -0.494 e. The van der Waals surface area contributed by atoms with E-state index in [1.54, 1.807) is 7.11 Å². The topological polar surface area (TPSA) is 56.4 Å². The van der Waals surface area contributed by atoms with Crippen molar-refractivity contribution in [1.82, 2.24) is 14.9 Å². The highest BCUT2D eigenvalue weighted by atomic mass is 16.5. The first kappa shape index (κ1) is 20.8. The van der Waals surface area contributed by atoms with Crippen LogP contribution in [-0.4, -0.2) is 41.6 Å². The summed E-state index contributed by atoms with van der Waals surface area (Å²) in [5, 5.41) is 4.26. The number of piperidine rings is 1. The average molecular weight is 429 g/mol. The predicted octanol–water partition coefficient (Wildman–Crippen LogP) is 2.12. The highest BCUT2D eigenvalue weighted by Crippen LogP contribution is 2.21. The number of para-hydroxylation sites is 1. The standard InChI is InChI=1S/C27H32N4O/c1-17-9-11-31(12-10-17)16-21-20-7-5-6-8-22(20)30-27(21)25-15-26(32-4)24(29-25)14-23-18(2)13-19(3)28-23/h5-8,13-15,17,28-29H,9-12,16H2,1-4H3/b24-14-,27-25?. The number of rotatable bonds is 4. The minimum absolute atomic E-state index is 0.825. The molecule has 0 bridgehead atoms. The van der Waals surface area contributed by atoms with Gasteiger partial charge in [0.15, 0.2) is 0 Å². The van der Waals surface area contributed by atoms with Crippen LogP contribution in [0.15, 0.2) is 41.4 Å². The van der Waals surface area contributed by atoms with Gasteiger partial charge in [-0.1, -0.05) is 25.1 Å². The first-order valence-electron chi connectivity index (χ1n) is 11.6. The quantitative estimate of drug-likeness (QED) is 0.669. The van der Waals surface area contributed by atoms with Gasteiger partial charge in [0.1, 0.15) is 5.75 Å². The molecule has 32 heavy (non-hydrogen) atoms. The molecule has 5 rings (SSSR count). The third-order valence-corrected chi connectivity index (χ3v) is 6.77. The lowest BCUT2D eigenvalue weighted by Gasteiger charge is -2.30. The molecule has 0 unspecified atom stereocenters. The van der Waals surface area contributed by atoms with Gasteiger partial charge < -0.3 is 14.7 Å². The van der Waals surface area contributed by atoms with E-state index in [4.69, 9.17) is 9.73 Å². The molecule has 0 saturated carbocycles. The van der Waals surface area contributed by atoms with Crippen LogP contribution in [-0.2, 0) is 0 Å². The lowest BCUT2D eigenvalue weighted by molar-refractivity contribution is 0.213. The van der Waals surface area contributed by atoms with Crippen molar-refractivity contribution in [3.05, 3.63) is 74.6 Å². The van der Waals surface area contributed by atoms with Crippen molar-refractivity contribution in [2.75, 3.05) is 26.7 Å². The highest BCUT2D eigenvalue weighted by Gasteiger charge is 2.21. The molecule has 1 fully saturated rings. The van der Waals surface area contributed by atoms with E-state index in [9.17, 15) is 0 Å². The number of H-pyrrole nitrogens is 2. The molecule has 2 aromatic heterocycles. The average Bonchev–Trinajstić information content (AvgIpc) is 3.45. The monoisotopic (exact) mass is 428 g/mol. The van der Waals surface area contributed by atoms with Crippen LogP contribution in [0.4, 0.5) is 0 Å². The third kappa shape index (κ3) is 3.93. The fraction of sp³-hybridized carbons (Fsp3) is 0.370. The number of nitrogens with one attached hydrogen (secondary N) is 2. The Bertz CT molecular complexity index is 1380. The second-order valence-electron chi connectivity index (χ2n) is 9.27. The first-order chi connectivity index (χ1) is 15.5. The van der Waals surface area contributed by atoms with E-state index in [0.29, 0.717) is 0 Å². The van der Waals surface area contributed by atoms with E-state index in [0.717, 1.165) is 64.4 Å². The minimum atomic E-state index is 0.825. The van der Waals surface area contributed by atoms with Gasteiger partial charge in [0.2, 0.25) is 0 Å². The fourth-order valence-electron chi connectivity index (χ4n) is 4.87. The predicted molar refractivity (Wildman–Crippen MR) is 129 cm³/mol. The second kappa shape index (κ2) is 8.47. The number of nitrogens with zero attached hydrogens (tertiary/aromatic N) is 2. The van der Waals surface area contributed by atoms with E-state index in [2.05, 4.69) is 78.1 Å². The zero-order valence-electron chi connectivity index (χ0n) is 19.5. The van der Waals surface area contributed by atoms with Crippen LogP contribution in [0.1, 0.15) is 36.7 Å². The van der Waals surface area contributed by atoms with Gasteiger partial charge in [0.05, 0.1) is 28.9 Å². The van der Waals surface area contributed by atoms with Gasteiger partial charge in [-0.2, -0.15) is 0 Å². The molecule has 166 valence electrons. The van der Waals surface area contributed by atoms with Crippen LogP contribution in [0.5, 0.6) is 5.75 Å². The molecular weight excluding hydrogens is 396 g/mol. The Labute approximate surface area is 188 Å². The summed E-state index contributed by atoms with van der Waals surface area (Å²) < 4.78 is 5.73. The molecule has 5 nitrogen and oxygen atoms in total. The summed E-state index contributed by atoms with van der Waals surface area (Å²) in [6.07, 6.45) is 4.66. The molecule has 5 heteroatoms.